The Morgan fingerprint density at radius 1 is 1.54 bits per heavy atom. The summed E-state index contributed by atoms with van der Waals surface area (Å²) in [6.45, 7) is 1.68. The van der Waals surface area contributed by atoms with Crippen LogP contribution in [0.2, 0.25) is 0 Å². The summed E-state index contributed by atoms with van der Waals surface area (Å²) in [7, 11) is 0. The summed E-state index contributed by atoms with van der Waals surface area (Å²) in [5, 5.41) is 11.7. The van der Waals surface area contributed by atoms with Crippen LogP contribution in [0, 0.1) is 0 Å². The molecule has 8 heteroatoms. The molecular weight excluding hydrogens is 336 g/mol. The van der Waals surface area contributed by atoms with Crippen LogP contribution in [0.5, 0.6) is 0 Å². The number of hydrogen-bond acceptors (Lipinski definition) is 5. The first-order valence-corrected chi connectivity index (χ1v) is 9.01. The van der Waals surface area contributed by atoms with E-state index in [0.29, 0.717) is 29.0 Å². The number of pyridine rings is 1. The fourth-order valence-electron chi connectivity index (χ4n) is 3.40. The van der Waals surface area contributed by atoms with Gasteiger partial charge in [0.15, 0.2) is 5.16 Å². The van der Waals surface area contributed by atoms with Crippen LogP contribution in [0.4, 0.5) is 8.78 Å². The van der Waals surface area contributed by atoms with E-state index in [9.17, 15) is 18.7 Å². The van der Waals surface area contributed by atoms with E-state index in [4.69, 9.17) is 0 Å². The number of nitrogens with zero attached hydrogens (tertiary/aromatic N) is 3. The summed E-state index contributed by atoms with van der Waals surface area (Å²) in [6, 6.07) is 0.961. The van der Waals surface area contributed by atoms with Crippen molar-refractivity contribution in [3.63, 3.8) is 0 Å². The Hall–Kier alpha value is -1.54. The van der Waals surface area contributed by atoms with Gasteiger partial charge in [0.05, 0.1) is 11.6 Å². The summed E-state index contributed by atoms with van der Waals surface area (Å²) < 4.78 is 27.1. The quantitative estimate of drug-likeness (QED) is 0.675. The van der Waals surface area contributed by atoms with E-state index in [1.165, 1.54) is 22.4 Å². The van der Waals surface area contributed by atoms with Crippen LogP contribution in [0.15, 0.2) is 22.2 Å². The molecule has 0 aromatic carbocycles. The molecule has 0 unspecified atom stereocenters. The third-order valence-electron chi connectivity index (χ3n) is 4.57. The zero-order valence-corrected chi connectivity index (χ0v) is 14.3. The molecule has 2 atom stereocenters. The number of fused-ring (bicyclic) bond motifs is 1. The van der Waals surface area contributed by atoms with Gasteiger partial charge >= 0.3 is 0 Å². The second kappa shape index (κ2) is 6.40. The van der Waals surface area contributed by atoms with Crippen LogP contribution >= 0.6 is 11.8 Å². The summed E-state index contributed by atoms with van der Waals surface area (Å²) in [5.74, 6) is 0. The van der Waals surface area contributed by atoms with Gasteiger partial charge in [-0.3, -0.25) is 9.36 Å². The van der Waals surface area contributed by atoms with Gasteiger partial charge in [0.25, 0.3) is 5.56 Å². The lowest BCUT2D eigenvalue weighted by Gasteiger charge is -2.28. The normalized spacial score (nSPS) is 24.2. The van der Waals surface area contributed by atoms with Crippen molar-refractivity contribution in [1.82, 2.24) is 14.5 Å². The van der Waals surface area contributed by atoms with Crippen LogP contribution in [0.3, 0.4) is 0 Å². The lowest BCUT2D eigenvalue weighted by molar-refractivity contribution is 0.0265. The van der Waals surface area contributed by atoms with Gasteiger partial charge in [0, 0.05) is 23.6 Å². The van der Waals surface area contributed by atoms with Gasteiger partial charge in [-0.2, -0.15) is 0 Å². The predicted octanol–water partition coefficient (Wildman–Crippen LogP) is 2.80. The first-order valence-electron chi connectivity index (χ1n) is 7.79. The molecule has 24 heavy (non-hydrogen) atoms. The number of aromatic nitrogens is 3. The maximum atomic E-state index is 12.8. The lowest BCUT2D eigenvalue weighted by atomic mass is 9.99. The number of rotatable bonds is 4. The minimum Gasteiger partial charge on any atom is -0.388 e. The van der Waals surface area contributed by atoms with Crippen LogP contribution < -0.4 is 5.56 Å². The molecule has 0 saturated heterocycles. The molecule has 130 valence electrons. The van der Waals surface area contributed by atoms with Gasteiger partial charge in [-0.15, -0.1) is 0 Å². The topological polar surface area (TPSA) is 68.0 Å². The fraction of sp³-hybridized carbons (Fsp3) is 0.562. The molecular formula is C16H19F2N3O2S. The molecule has 1 N–H and O–H groups in total. The van der Waals surface area contributed by atoms with Crippen molar-refractivity contribution in [3.05, 3.63) is 28.2 Å². The monoisotopic (exact) mass is 355 g/mol. The fourth-order valence-corrected chi connectivity index (χ4v) is 3.74. The first-order chi connectivity index (χ1) is 11.3. The SMILES string of the molecule is CSc1ncc2cc(CC(F)F)c(=O)n([C@@H]3CCC[C@@]3(C)O)c2n1. The Labute approximate surface area is 142 Å². The second-order valence-electron chi connectivity index (χ2n) is 6.34. The highest BCUT2D eigenvalue weighted by atomic mass is 32.2. The van der Waals surface area contributed by atoms with Gasteiger partial charge < -0.3 is 5.11 Å². The molecule has 3 rings (SSSR count). The van der Waals surface area contributed by atoms with Crippen molar-refractivity contribution in [1.29, 1.82) is 0 Å². The van der Waals surface area contributed by atoms with Gasteiger partial charge in [-0.1, -0.05) is 11.8 Å². The maximum Gasteiger partial charge on any atom is 0.255 e. The molecule has 0 spiro atoms. The van der Waals surface area contributed by atoms with Gasteiger partial charge in [-0.05, 0) is 38.5 Å². The second-order valence-corrected chi connectivity index (χ2v) is 7.11. The number of thioether (sulfide) groups is 1. The number of aliphatic hydroxyl groups is 1. The third kappa shape index (κ3) is 3.04. The van der Waals surface area contributed by atoms with E-state index in [1.807, 2.05) is 6.26 Å². The minimum absolute atomic E-state index is 0.0284. The zero-order chi connectivity index (χ0) is 17.5. The number of alkyl halides is 2. The molecule has 1 aliphatic rings. The highest BCUT2D eigenvalue weighted by Gasteiger charge is 2.39. The lowest BCUT2D eigenvalue weighted by Crippen LogP contribution is -2.38. The predicted molar refractivity (Wildman–Crippen MR) is 88.8 cm³/mol. The van der Waals surface area contributed by atoms with Gasteiger partial charge in [-0.25, -0.2) is 18.7 Å². The van der Waals surface area contributed by atoms with E-state index in [1.54, 1.807) is 13.1 Å². The largest absolute Gasteiger partial charge is 0.388 e. The van der Waals surface area contributed by atoms with E-state index in [0.717, 1.165) is 6.42 Å². The molecule has 1 aliphatic carbocycles. The van der Waals surface area contributed by atoms with Crippen molar-refractivity contribution in [2.24, 2.45) is 0 Å². The summed E-state index contributed by atoms with van der Waals surface area (Å²) in [4.78, 5) is 21.4. The summed E-state index contributed by atoms with van der Waals surface area (Å²) >= 11 is 1.34. The Morgan fingerprint density at radius 2 is 2.29 bits per heavy atom. The van der Waals surface area contributed by atoms with Crippen molar-refractivity contribution in [3.8, 4) is 0 Å². The van der Waals surface area contributed by atoms with Crippen LogP contribution in [-0.2, 0) is 6.42 Å². The smallest absolute Gasteiger partial charge is 0.255 e. The van der Waals surface area contributed by atoms with Crippen molar-refractivity contribution < 1.29 is 13.9 Å². The van der Waals surface area contributed by atoms with E-state index >= 15 is 0 Å². The Kier molecular flexibility index (Phi) is 4.61. The molecule has 2 aromatic heterocycles. The zero-order valence-electron chi connectivity index (χ0n) is 13.5. The van der Waals surface area contributed by atoms with Gasteiger partial charge in [0.2, 0.25) is 6.43 Å². The number of halogens is 2. The molecule has 5 nitrogen and oxygen atoms in total. The maximum absolute atomic E-state index is 12.8. The van der Waals surface area contributed by atoms with E-state index in [-0.39, 0.29) is 5.56 Å². The minimum atomic E-state index is -2.61. The van der Waals surface area contributed by atoms with Crippen LogP contribution in [0.1, 0.15) is 37.8 Å². The highest BCUT2D eigenvalue weighted by Crippen LogP contribution is 2.39. The van der Waals surface area contributed by atoms with E-state index in [2.05, 4.69) is 9.97 Å². The molecule has 1 fully saturated rings. The van der Waals surface area contributed by atoms with Crippen molar-refractivity contribution >= 4 is 22.8 Å². The van der Waals surface area contributed by atoms with Crippen molar-refractivity contribution in [2.45, 2.75) is 55.8 Å². The average molecular weight is 355 g/mol. The van der Waals surface area contributed by atoms with Gasteiger partial charge in [0.1, 0.15) is 5.65 Å². The Balaban J connectivity index is 2.29. The van der Waals surface area contributed by atoms with Crippen LogP contribution in [0.25, 0.3) is 11.0 Å². The Bertz CT molecular complexity index is 823. The molecule has 0 aliphatic heterocycles. The molecule has 1 saturated carbocycles. The molecule has 2 heterocycles. The first kappa shape index (κ1) is 17.3. The molecule has 2 aromatic rings. The summed E-state index contributed by atoms with van der Waals surface area (Å²) in [5.41, 5.74) is -1.14. The molecule has 0 radical (unpaired) electrons. The third-order valence-corrected chi connectivity index (χ3v) is 5.13. The highest BCUT2D eigenvalue weighted by molar-refractivity contribution is 7.98. The summed E-state index contributed by atoms with van der Waals surface area (Å²) in [6.07, 6.45) is 2.07. The average Bonchev–Trinajstić information content (AvgIpc) is 2.86. The van der Waals surface area contributed by atoms with E-state index < -0.39 is 30.0 Å². The Morgan fingerprint density at radius 3 is 2.88 bits per heavy atom. The molecule has 0 bridgehead atoms. The standard InChI is InChI=1S/C16H19F2N3O2S/c1-16(23)5-3-4-11(16)21-13-10(8-19-15(20-13)24-2)6-9(14(21)22)7-12(17)18/h6,8,11-12,23H,3-5,7H2,1-2H3/t11-,16-/m1/s1. The van der Waals surface area contributed by atoms with Crippen LogP contribution in [-0.4, -0.2) is 37.9 Å². The molecule has 0 amide bonds. The van der Waals surface area contributed by atoms with Crippen molar-refractivity contribution in [2.75, 3.05) is 6.26 Å². The number of hydrogen-bond donors (Lipinski definition) is 1.